The molecule has 1 fully saturated rings. The summed E-state index contributed by atoms with van der Waals surface area (Å²) in [6, 6.07) is 25.9. The summed E-state index contributed by atoms with van der Waals surface area (Å²) in [7, 11) is 4.31. The van der Waals surface area contributed by atoms with E-state index in [0.717, 1.165) is 48.1 Å². The summed E-state index contributed by atoms with van der Waals surface area (Å²) in [6.07, 6.45) is 5.71. The predicted octanol–water partition coefficient (Wildman–Crippen LogP) is 6.08. The number of fused-ring (bicyclic) bond motifs is 1. The van der Waals surface area contributed by atoms with Crippen molar-refractivity contribution in [3.05, 3.63) is 125 Å². The Labute approximate surface area is 269 Å². The molecule has 46 heavy (non-hydrogen) atoms. The molecule has 5 aromatic rings. The van der Waals surface area contributed by atoms with Crippen LogP contribution in [0.1, 0.15) is 29.5 Å². The third-order valence-electron chi connectivity index (χ3n) is 8.63. The summed E-state index contributed by atoms with van der Waals surface area (Å²) in [5, 5.41) is 6.90. The molecular weight excluding hydrogens is 574 g/mol. The van der Waals surface area contributed by atoms with Gasteiger partial charge in [0.15, 0.2) is 5.65 Å². The summed E-state index contributed by atoms with van der Waals surface area (Å²) >= 11 is 0. The van der Waals surface area contributed by atoms with Crippen molar-refractivity contribution in [1.29, 1.82) is 0 Å². The van der Waals surface area contributed by atoms with Gasteiger partial charge < -0.3 is 20.4 Å². The topological polar surface area (TPSA) is 95.4 Å². The van der Waals surface area contributed by atoms with E-state index >= 15 is 0 Å². The molecule has 1 amide bonds. The average molecular weight is 614 g/mol. The summed E-state index contributed by atoms with van der Waals surface area (Å²) in [5.41, 5.74) is 6.23. The number of carbonyl (C=O) groups excluding carboxylic acids is 1. The largest absolute Gasteiger partial charge is 0.371 e. The number of carbonyl (C=O) groups is 1. The molecule has 234 valence electrons. The quantitative estimate of drug-likeness (QED) is 0.195. The highest BCUT2D eigenvalue weighted by Gasteiger charge is 2.21. The number of hydrogen-bond acceptors (Lipinski definition) is 7. The number of piperidine rings is 1. The van der Waals surface area contributed by atoms with E-state index in [2.05, 4.69) is 71.2 Å². The number of hydrogen-bond donors (Lipinski definition) is 2. The van der Waals surface area contributed by atoms with E-state index in [1.807, 2.05) is 42.5 Å². The molecule has 0 saturated carbocycles. The number of pyridine rings is 1. The Bertz CT molecular complexity index is 1940. The van der Waals surface area contributed by atoms with Gasteiger partial charge in [-0.3, -0.25) is 14.2 Å². The van der Waals surface area contributed by atoms with E-state index in [1.165, 1.54) is 11.8 Å². The first-order valence-electron chi connectivity index (χ1n) is 15.6. The maximum absolute atomic E-state index is 14.1. The third kappa shape index (κ3) is 6.69. The van der Waals surface area contributed by atoms with E-state index in [1.54, 1.807) is 29.0 Å². The summed E-state index contributed by atoms with van der Waals surface area (Å²) in [4.78, 5) is 40.4. The second-order valence-electron chi connectivity index (χ2n) is 12.0. The fourth-order valence-electron chi connectivity index (χ4n) is 6.06. The average Bonchev–Trinajstić information content (AvgIpc) is 3.07. The van der Waals surface area contributed by atoms with Crippen molar-refractivity contribution >= 4 is 40.0 Å². The van der Waals surface area contributed by atoms with Crippen molar-refractivity contribution in [1.82, 2.24) is 19.4 Å². The van der Waals surface area contributed by atoms with Crippen LogP contribution in [0.4, 0.5) is 23.0 Å². The van der Waals surface area contributed by atoms with Gasteiger partial charge in [-0.25, -0.2) is 4.98 Å². The smallest absolute Gasteiger partial charge is 0.260 e. The molecule has 1 aliphatic rings. The van der Waals surface area contributed by atoms with Crippen molar-refractivity contribution < 1.29 is 4.79 Å². The number of anilines is 4. The van der Waals surface area contributed by atoms with Gasteiger partial charge in [0.2, 0.25) is 11.9 Å². The lowest BCUT2D eigenvalue weighted by atomic mass is 10.0. The van der Waals surface area contributed by atoms with Gasteiger partial charge in [0, 0.05) is 59.8 Å². The monoisotopic (exact) mass is 613 g/mol. The molecule has 3 heterocycles. The molecule has 0 bridgehead atoms. The normalized spacial score (nSPS) is 13.6. The zero-order chi connectivity index (χ0) is 32.2. The minimum atomic E-state index is -0.333. The van der Waals surface area contributed by atoms with E-state index in [9.17, 15) is 9.59 Å². The van der Waals surface area contributed by atoms with Crippen LogP contribution in [0.5, 0.6) is 0 Å². The number of rotatable bonds is 9. The molecular formula is C37H39N7O2. The third-order valence-corrected chi connectivity index (χ3v) is 8.63. The number of benzene rings is 3. The van der Waals surface area contributed by atoms with Crippen molar-refractivity contribution in [3.63, 3.8) is 0 Å². The molecule has 2 aromatic heterocycles. The molecule has 2 N–H and O–H groups in total. The zero-order valence-electron chi connectivity index (χ0n) is 26.5. The summed E-state index contributed by atoms with van der Waals surface area (Å²) in [6.45, 7) is 7.68. The Hall–Kier alpha value is -5.28. The molecule has 0 unspecified atom stereocenters. The molecule has 9 heteroatoms. The number of aromatic nitrogens is 3. The lowest BCUT2D eigenvalue weighted by Crippen LogP contribution is -2.42. The van der Waals surface area contributed by atoms with Crippen molar-refractivity contribution in [2.75, 3.05) is 42.7 Å². The molecule has 0 radical (unpaired) electrons. The Morgan fingerprint density at radius 1 is 1.00 bits per heavy atom. The van der Waals surface area contributed by atoms with Crippen molar-refractivity contribution in [2.45, 2.75) is 32.2 Å². The minimum absolute atomic E-state index is 0.188. The number of nitrogens with zero attached hydrogens (tertiary/aromatic N) is 5. The lowest BCUT2D eigenvalue weighted by molar-refractivity contribution is -0.111. The first-order chi connectivity index (χ1) is 22.3. The van der Waals surface area contributed by atoms with Crippen LogP contribution in [0, 0.1) is 6.92 Å². The van der Waals surface area contributed by atoms with E-state index in [0.29, 0.717) is 41.0 Å². The maximum Gasteiger partial charge on any atom is 0.260 e. The second kappa shape index (κ2) is 13.4. The Kier molecular flexibility index (Phi) is 8.94. The number of aryl methyl sites for hydroxylation is 1. The van der Waals surface area contributed by atoms with Crippen LogP contribution in [0.15, 0.2) is 103 Å². The molecule has 0 aliphatic carbocycles. The van der Waals surface area contributed by atoms with E-state index < -0.39 is 0 Å². The van der Waals surface area contributed by atoms with Gasteiger partial charge in [-0.05, 0) is 93.5 Å². The van der Waals surface area contributed by atoms with Gasteiger partial charge in [-0.1, -0.05) is 43.0 Å². The Morgan fingerprint density at radius 2 is 1.78 bits per heavy atom. The fraction of sp³-hybridized carbons (Fsp3) is 0.243. The van der Waals surface area contributed by atoms with Crippen LogP contribution in [0.2, 0.25) is 0 Å². The van der Waals surface area contributed by atoms with Gasteiger partial charge in [0.1, 0.15) is 0 Å². The van der Waals surface area contributed by atoms with Crippen molar-refractivity contribution in [2.24, 2.45) is 0 Å². The molecule has 9 nitrogen and oxygen atoms in total. The van der Waals surface area contributed by atoms with Crippen molar-refractivity contribution in [3.8, 4) is 5.69 Å². The predicted molar refractivity (Wildman–Crippen MR) is 187 cm³/mol. The van der Waals surface area contributed by atoms with Crippen LogP contribution >= 0.6 is 0 Å². The SMILES string of the molecule is C=CC(=O)Nc1cccc(-n2c(=O)c(Cc3ccccc3)cc3cnc(Nc4ccc(N5CCC(N(C)C)CC5)cc4C)nc32)c1. The van der Waals surface area contributed by atoms with Gasteiger partial charge >= 0.3 is 0 Å². The van der Waals surface area contributed by atoms with E-state index in [-0.39, 0.29) is 11.5 Å². The Morgan fingerprint density at radius 3 is 2.50 bits per heavy atom. The number of amides is 1. The second-order valence-corrected chi connectivity index (χ2v) is 12.0. The van der Waals surface area contributed by atoms with Gasteiger partial charge in [0.05, 0.1) is 5.69 Å². The highest BCUT2D eigenvalue weighted by atomic mass is 16.1. The standard InChI is InChI=1S/C37H39N7O2/c1-5-34(45)39-29-12-9-13-32(23-29)44-35-28(22-27(36(44)46)21-26-10-7-6-8-11-26)24-38-37(41-35)40-33-15-14-31(20-25(33)2)43-18-16-30(17-19-43)42(3)4/h5-15,20,22-24,30H,1,16-19,21H2,2-4H3,(H,39,45)(H,38,40,41). The van der Waals surface area contributed by atoms with Crippen LogP contribution in [0.25, 0.3) is 16.7 Å². The summed E-state index contributed by atoms with van der Waals surface area (Å²) < 4.78 is 1.59. The van der Waals surface area contributed by atoms with Gasteiger partial charge in [-0.2, -0.15) is 4.98 Å². The molecule has 1 aliphatic heterocycles. The van der Waals surface area contributed by atoms with Crippen LogP contribution in [-0.2, 0) is 11.2 Å². The molecule has 0 spiro atoms. The highest BCUT2D eigenvalue weighted by molar-refractivity contribution is 5.99. The molecule has 0 atom stereocenters. The first-order valence-corrected chi connectivity index (χ1v) is 15.6. The highest BCUT2D eigenvalue weighted by Crippen LogP contribution is 2.28. The zero-order valence-corrected chi connectivity index (χ0v) is 26.5. The van der Waals surface area contributed by atoms with Crippen LogP contribution in [-0.4, -0.2) is 58.6 Å². The molecule has 1 saturated heterocycles. The lowest BCUT2D eigenvalue weighted by Gasteiger charge is -2.36. The van der Waals surface area contributed by atoms with Gasteiger partial charge in [-0.15, -0.1) is 0 Å². The summed E-state index contributed by atoms with van der Waals surface area (Å²) in [5.74, 6) is 0.0515. The van der Waals surface area contributed by atoms with E-state index in [4.69, 9.17) is 4.98 Å². The molecule has 6 rings (SSSR count). The minimum Gasteiger partial charge on any atom is -0.371 e. The van der Waals surface area contributed by atoms with Crippen LogP contribution in [0.3, 0.4) is 0 Å². The maximum atomic E-state index is 14.1. The van der Waals surface area contributed by atoms with Crippen LogP contribution < -0.4 is 21.1 Å². The fourth-order valence-corrected chi connectivity index (χ4v) is 6.06. The molecule has 3 aromatic carbocycles. The Balaban J connectivity index is 1.35. The van der Waals surface area contributed by atoms with Gasteiger partial charge in [0.25, 0.3) is 5.56 Å². The first kappa shape index (κ1) is 30.7. The number of nitrogens with one attached hydrogen (secondary N) is 2.